The Bertz CT molecular complexity index is 1380. The minimum Gasteiger partial charge on any atom is -0.495 e. The molecule has 0 radical (unpaired) electrons. The molecule has 5 rings (SSSR count). The zero-order chi connectivity index (χ0) is 24.6. The molecule has 0 aliphatic carbocycles. The summed E-state index contributed by atoms with van der Waals surface area (Å²) in [4.78, 5) is 19.6. The Balaban J connectivity index is 1.27. The molecule has 3 aromatic heterocycles. The first-order chi connectivity index (χ1) is 16.8. The number of hydrogen-bond acceptors (Lipinski definition) is 5. The number of pyridine rings is 2. The number of piperidine rings is 1. The number of amides is 1. The van der Waals surface area contributed by atoms with Gasteiger partial charge in [-0.15, -0.1) is 0 Å². The molecule has 35 heavy (non-hydrogen) atoms. The number of hydrogen-bond donors (Lipinski definition) is 1. The van der Waals surface area contributed by atoms with E-state index in [9.17, 15) is 9.18 Å². The third-order valence-corrected chi connectivity index (χ3v) is 6.89. The van der Waals surface area contributed by atoms with Gasteiger partial charge in [-0.2, -0.15) is 5.10 Å². The summed E-state index contributed by atoms with van der Waals surface area (Å²) in [6.45, 7) is 3.46. The Morgan fingerprint density at radius 2 is 1.97 bits per heavy atom. The number of aromatic nitrogens is 3. The van der Waals surface area contributed by atoms with Crippen LogP contribution >= 0.6 is 11.6 Å². The fraction of sp³-hybridized carbons (Fsp3) is 0.269. The van der Waals surface area contributed by atoms with Crippen molar-refractivity contribution in [3.05, 3.63) is 77.5 Å². The molecule has 4 aromatic rings. The number of fused-ring (bicyclic) bond motifs is 1. The second-order valence-electron chi connectivity index (χ2n) is 8.99. The van der Waals surface area contributed by atoms with Crippen LogP contribution in [0.15, 0.2) is 61.1 Å². The van der Waals surface area contributed by atoms with Crippen molar-refractivity contribution in [2.45, 2.75) is 25.3 Å². The van der Waals surface area contributed by atoms with E-state index in [0.717, 1.165) is 54.1 Å². The lowest BCUT2D eigenvalue weighted by molar-refractivity contribution is 0.0891. The number of benzene rings is 1. The van der Waals surface area contributed by atoms with Crippen molar-refractivity contribution in [1.82, 2.24) is 19.9 Å². The van der Waals surface area contributed by atoms with E-state index in [-0.39, 0.29) is 16.5 Å². The Kier molecular flexibility index (Phi) is 6.06. The van der Waals surface area contributed by atoms with Gasteiger partial charge in [0.05, 0.1) is 35.6 Å². The minimum absolute atomic E-state index is 0.150. The molecule has 1 fully saturated rings. The van der Waals surface area contributed by atoms with E-state index in [0.29, 0.717) is 0 Å². The molecule has 1 aromatic carbocycles. The SMILES string of the molecule is COc1cc(-c2ccc(N3CCC(C)(NC(=O)c4cc(F)ccc4Cl)CC3)nc2)c2ccnn2c1. The second kappa shape index (κ2) is 9.19. The van der Waals surface area contributed by atoms with Gasteiger partial charge in [-0.25, -0.2) is 13.9 Å². The maximum atomic E-state index is 13.6. The quantitative estimate of drug-likeness (QED) is 0.424. The molecule has 9 heteroatoms. The van der Waals surface area contributed by atoms with Gasteiger partial charge in [0, 0.05) is 36.0 Å². The summed E-state index contributed by atoms with van der Waals surface area (Å²) in [6, 6.07) is 11.8. The van der Waals surface area contributed by atoms with Crippen molar-refractivity contribution in [3.8, 4) is 16.9 Å². The van der Waals surface area contributed by atoms with E-state index >= 15 is 0 Å². The number of carbonyl (C=O) groups excluding carboxylic acids is 1. The van der Waals surface area contributed by atoms with Gasteiger partial charge in [0.1, 0.15) is 17.4 Å². The molecule has 0 atom stereocenters. The van der Waals surface area contributed by atoms with Crippen LogP contribution in [-0.2, 0) is 0 Å². The molecule has 1 aliphatic rings. The first kappa shape index (κ1) is 23.1. The summed E-state index contributed by atoms with van der Waals surface area (Å²) in [7, 11) is 1.63. The topological polar surface area (TPSA) is 71.8 Å². The van der Waals surface area contributed by atoms with Crippen LogP contribution in [0.2, 0.25) is 5.02 Å². The van der Waals surface area contributed by atoms with Crippen molar-refractivity contribution in [2.24, 2.45) is 0 Å². The largest absolute Gasteiger partial charge is 0.495 e. The molecular formula is C26H25ClFN5O2. The Morgan fingerprint density at radius 3 is 2.69 bits per heavy atom. The summed E-state index contributed by atoms with van der Waals surface area (Å²) in [5, 5.41) is 7.60. The normalized spacial score (nSPS) is 15.3. The third kappa shape index (κ3) is 4.66. The van der Waals surface area contributed by atoms with Gasteiger partial charge in [-0.05, 0) is 62.2 Å². The van der Waals surface area contributed by atoms with E-state index in [1.807, 2.05) is 43.6 Å². The van der Waals surface area contributed by atoms with Gasteiger partial charge >= 0.3 is 0 Å². The zero-order valence-corrected chi connectivity index (χ0v) is 20.2. The Morgan fingerprint density at radius 1 is 1.17 bits per heavy atom. The van der Waals surface area contributed by atoms with Crippen LogP contribution in [0.1, 0.15) is 30.1 Å². The van der Waals surface area contributed by atoms with Gasteiger partial charge in [-0.3, -0.25) is 4.79 Å². The highest BCUT2D eigenvalue weighted by atomic mass is 35.5. The first-order valence-electron chi connectivity index (χ1n) is 11.4. The van der Waals surface area contributed by atoms with E-state index in [1.54, 1.807) is 17.8 Å². The Hall–Kier alpha value is -3.65. The standard InChI is InChI=1S/C26H25ClFN5O2/c1-26(31-25(34)21-13-18(28)4-5-22(21)27)8-11-32(12-9-26)24-6-3-17(15-29-24)20-14-19(35-2)16-33-23(20)7-10-30-33/h3-7,10,13-16H,8-9,11-12H2,1-2H3,(H,31,34). The van der Waals surface area contributed by atoms with Crippen molar-refractivity contribution in [2.75, 3.05) is 25.1 Å². The molecular weight excluding hydrogens is 469 g/mol. The molecule has 1 aliphatic heterocycles. The van der Waals surface area contributed by atoms with Crippen molar-refractivity contribution in [1.29, 1.82) is 0 Å². The number of carbonyl (C=O) groups is 1. The molecule has 7 nitrogen and oxygen atoms in total. The molecule has 1 saturated heterocycles. The van der Waals surface area contributed by atoms with Gasteiger partial charge in [-0.1, -0.05) is 11.6 Å². The van der Waals surface area contributed by atoms with E-state index in [4.69, 9.17) is 21.3 Å². The predicted octanol–water partition coefficient (Wildman–Crippen LogP) is 4.99. The molecule has 1 N–H and O–H groups in total. The molecule has 0 saturated carbocycles. The number of anilines is 1. The average Bonchev–Trinajstić information content (AvgIpc) is 3.34. The predicted molar refractivity (Wildman–Crippen MR) is 134 cm³/mol. The third-order valence-electron chi connectivity index (χ3n) is 6.56. The van der Waals surface area contributed by atoms with E-state index in [2.05, 4.69) is 15.3 Å². The number of nitrogens with zero attached hydrogens (tertiary/aromatic N) is 4. The average molecular weight is 494 g/mol. The maximum Gasteiger partial charge on any atom is 0.253 e. The van der Waals surface area contributed by atoms with Crippen LogP contribution in [0.3, 0.4) is 0 Å². The lowest BCUT2D eigenvalue weighted by atomic mass is 9.89. The van der Waals surface area contributed by atoms with Crippen molar-refractivity contribution in [3.63, 3.8) is 0 Å². The number of methoxy groups -OCH3 is 1. The summed E-state index contributed by atoms with van der Waals surface area (Å²) < 4.78 is 20.8. The molecule has 180 valence electrons. The second-order valence-corrected chi connectivity index (χ2v) is 9.39. The first-order valence-corrected chi connectivity index (χ1v) is 11.7. The molecule has 0 unspecified atom stereocenters. The van der Waals surface area contributed by atoms with Crippen LogP contribution < -0.4 is 15.0 Å². The Labute approximate surface area is 207 Å². The highest BCUT2D eigenvalue weighted by Gasteiger charge is 2.32. The fourth-order valence-electron chi connectivity index (χ4n) is 4.45. The fourth-order valence-corrected chi connectivity index (χ4v) is 4.65. The number of rotatable bonds is 5. The smallest absolute Gasteiger partial charge is 0.253 e. The van der Waals surface area contributed by atoms with Crippen LogP contribution in [-0.4, -0.2) is 46.2 Å². The molecule has 1 amide bonds. The molecule has 0 bridgehead atoms. The van der Waals surface area contributed by atoms with Crippen molar-refractivity contribution >= 4 is 28.8 Å². The van der Waals surface area contributed by atoms with Crippen LogP contribution in [0.25, 0.3) is 16.6 Å². The zero-order valence-electron chi connectivity index (χ0n) is 19.5. The van der Waals surface area contributed by atoms with Crippen molar-refractivity contribution < 1.29 is 13.9 Å². The van der Waals surface area contributed by atoms with Gasteiger partial charge in [0.25, 0.3) is 5.91 Å². The van der Waals surface area contributed by atoms with E-state index in [1.165, 1.54) is 18.2 Å². The summed E-state index contributed by atoms with van der Waals surface area (Å²) in [6.07, 6.45) is 6.90. The van der Waals surface area contributed by atoms with Crippen LogP contribution in [0, 0.1) is 5.82 Å². The number of ether oxygens (including phenoxy) is 1. The molecule has 4 heterocycles. The lowest BCUT2D eigenvalue weighted by Gasteiger charge is -2.40. The van der Waals surface area contributed by atoms with Gasteiger partial charge in [0.2, 0.25) is 0 Å². The monoisotopic (exact) mass is 493 g/mol. The van der Waals surface area contributed by atoms with Gasteiger partial charge in [0.15, 0.2) is 0 Å². The highest BCUT2D eigenvalue weighted by molar-refractivity contribution is 6.33. The maximum absolute atomic E-state index is 13.6. The van der Waals surface area contributed by atoms with Crippen LogP contribution in [0.5, 0.6) is 5.75 Å². The van der Waals surface area contributed by atoms with Gasteiger partial charge < -0.3 is 15.0 Å². The number of halogens is 2. The molecule has 0 spiro atoms. The number of nitrogens with one attached hydrogen (secondary N) is 1. The summed E-state index contributed by atoms with van der Waals surface area (Å²) >= 11 is 6.10. The summed E-state index contributed by atoms with van der Waals surface area (Å²) in [5.41, 5.74) is 2.67. The highest BCUT2D eigenvalue weighted by Crippen LogP contribution is 2.31. The summed E-state index contributed by atoms with van der Waals surface area (Å²) in [5.74, 6) is 0.745. The minimum atomic E-state index is -0.489. The van der Waals surface area contributed by atoms with E-state index < -0.39 is 11.4 Å². The van der Waals surface area contributed by atoms with Crippen LogP contribution in [0.4, 0.5) is 10.2 Å². The lowest BCUT2D eigenvalue weighted by Crippen LogP contribution is -2.53.